The number of benzene rings is 1. The highest BCUT2D eigenvalue weighted by atomic mass is 79.9. The van der Waals surface area contributed by atoms with E-state index >= 15 is 0 Å². The molecule has 0 aliphatic carbocycles. The van der Waals surface area contributed by atoms with Gasteiger partial charge in [-0.05, 0) is 42.0 Å². The molecule has 0 amide bonds. The zero-order valence-corrected chi connectivity index (χ0v) is 12.4. The second kappa shape index (κ2) is 5.52. The van der Waals surface area contributed by atoms with Crippen LogP contribution in [0.1, 0.15) is 26.3 Å². The Morgan fingerprint density at radius 1 is 1.44 bits per heavy atom. The van der Waals surface area contributed by atoms with E-state index in [1.54, 1.807) is 0 Å². The van der Waals surface area contributed by atoms with Crippen molar-refractivity contribution in [3.63, 3.8) is 0 Å². The van der Waals surface area contributed by atoms with Gasteiger partial charge in [0.1, 0.15) is 0 Å². The zero-order chi connectivity index (χ0) is 12.3. The smallest absolute Gasteiger partial charge is 0.0449 e. The molecule has 0 saturated heterocycles. The average Bonchev–Trinajstić information content (AvgIpc) is 2.22. The van der Waals surface area contributed by atoms with E-state index in [0.29, 0.717) is 12.5 Å². The molecular weight excluding hydrogens is 286 g/mol. The molecule has 0 radical (unpaired) electrons. The summed E-state index contributed by atoms with van der Waals surface area (Å²) >= 11 is 9.64. The highest BCUT2D eigenvalue weighted by Gasteiger charge is 2.27. The lowest BCUT2D eigenvalue weighted by atomic mass is 9.74. The number of halogens is 2. The fraction of sp³-hybridized carbons (Fsp3) is 0.538. The van der Waals surface area contributed by atoms with Crippen molar-refractivity contribution in [1.82, 2.24) is 0 Å². The summed E-state index contributed by atoms with van der Waals surface area (Å²) in [5.41, 5.74) is 7.16. The summed E-state index contributed by atoms with van der Waals surface area (Å²) in [4.78, 5) is 0. The van der Waals surface area contributed by atoms with Gasteiger partial charge in [-0.3, -0.25) is 0 Å². The normalized spacial score (nSPS) is 15.2. The molecule has 0 heterocycles. The van der Waals surface area contributed by atoms with Crippen molar-refractivity contribution in [1.29, 1.82) is 0 Å². The largest absolute Gasteiger partial charge is 0.330 e. The third kappa shape index (κ3) is 3.22. The topological polar surface area (TPSA) is 26.0 Å². The first kappa shape index (κ1) is 14.0. The van der Waals surface area contributed by atoms with Crippen molar-refractivity contribution in [3.05, 3.63) is 33.3 Å². The van der Waals surface area contributed by atoms with Gasteiger partial charge in [0, 0.05) is 9.50 Å². The van der Waals surface area contributed by atoms with Gasteiger partial charge in [-0.15, -0.1) is 0 Å². The average molecular weight is 305 g/mol. The summed E-state index contributed by atoms with van der Waals surface area (Å²) in [5, 5.41) is 0.815. The van der Waals surface area contributed by atoms with E-state index in [2.05, 4.69) is 42.8 Å². The highest BCUT2D eigenvalue weighted by molar-refractivity contribution is 9.10. The Labute approximate surface area is 111 Å². The van der Waals surface area contributed by atoms with Crippen LogP contribution in [0.5, 0.6) is 0 Å². The molecule has 0 aromatic heterocycles. The van der Waals surface area contributed by atoms with E-state index < -0.39 is 0 Å². The van der Waals surface area contributed by atoms with Crippen molar-refractivity contribution < 1.29 is 0 Å². The van der Waals surface area contributed by atoms with Crippen molar-refractivity contribution in [2.75, 3.05) is 6.54 Å². The van der Waals surface area contributed by atoms with Gasteiger partial charge < -0.3 is 5.73 Å². The molecule has 0 aliphatic heterocycles. The van der Waals surface area contributed by atoms with Crippen LogP contribution in [0.25, 0.3) is 0 Å². The molecule has 1 aromatic rings. The lowest BCUT2D eigenvalue weighted by Gasteiger charge is -2.33. The predicted molar refractivity (Wildman–Crippen MR) is 74.9 cm³/mol. The number of nitrogens with two attached hydrogens (primary N) is 1. The second-order valence-corrected chi connectivity index (χ2v) is 6.25. The summed E-state index contributed by atoms with van der Waals surface area (Å²) < 4.78 is 1.01. The minimum Gasteiger partial charge on any atom is -0.330 e. The van der Waals surface area contributed by atoms with Gasteiger partial charge in [0.25, 0.3) is 0 Å². The van der Waals surface area contributed by atoms with Crippen molar-refractivity contribution in [2.24, 2.45) is 17.1 Å². The fourth-order valence-electron chi connectivity index (χ4n) is 1.61. The molecule has 90 valence electrons. The van der Waals surface area contributed by atoms with E-state index in [1.165, 1.54) is 5.56 Å². The minimum absolute atomic E-state index is 0.109. The molecule has 1 rings (SSSR count). The molecule has 1 aromatic carbocycles. The standard InChI is InChI=1S/C13H19BrClN/c1-9(2)13(3,8-16)7-10-4-5-11(14)6-12(10)15/h4-6,9H,7-8,16H2,1-3H3. The quantitative estimate of drug-likeness (QED) is 0.883. The first-order valence-corrected chi connectivity index (χ1v) is 6.70. The molecule has 1 nitrogen and oxygen atoms in total. The molecule has 0 spiro atoms. The first-order chi connectivity index (χ1) is 7.39. The minimum atomic E-state index is 0.109. The van der Waals surface area contributed by atoms with Gasteiger partial charge in [0.15, 0.2) is 0 Å². The summed E-state index contributed by atoms with van der Waals surface area (Å²) in [6.45, 7) is 7.31. The van der Waals surface area contributed by atoms with E-state index in [9.17, 15) is 0 Å². The van der Waals surface area contributed by atoms with Crippen LogP contribution in [-0.2, 0) is 6.42 Å². The molecule has 0 bridgehead atoms. The SMILES string of the molecule is CC(C)C(C)(CN)Cc1ccc(Br)cc1Cl. The van der Waals surface area contributed by atoms with Gasteiger partial charge >= 0.3 is 0 Å². The summed E-state index contributed by atoms with van der Waals surface area (Å²) in [5.74, 6) is 0.539. The Hall–Kier alpha value is -0.0500. The van der Waals surface area contributed by atoms with Crippen LogP contribution in [0, 0.1) is 11.3 Å². The van der Waals surface area contributed by atoms with Crippen molar-refractivity contribution >= 4 is 27.5 Å². The Bertz CT molecular complexity index is 365. The molecule has 0 fully saturated rings. The van der Waals surface area contributed by atoms with Crippen LogP contribution in [0.3, 0.4) is 0 Å². The van der Waals surface area contributed by atoms with Gasteiger partial charge in [-0.2, -0.15) is 0 Å². The first-order valence-electron chi connectivity index (χ1n) is 5.53. The Kier molecular flexibility index (Phi) is 4.84. The van der Waals surface area contributed by atoms with E-state index in [1.807, 2.05) is 12.1 Å². The zero-order valence-electron chi connectivity index (χ0n) is 10.1. The van der Waals surface area contributed by atoms with Crippen molar-refractivity contribution in [3.8, 4) is 0 Å². The third-order valence-corrected chi connectivity index (χ3v) is 4.31. The maximum atomic E-state index is 6.23. The van der Waals surface area contributed by atoms with Crippen LogP contribution < -0.4 is 5.73 Å². The van der Waals surface area contributed by atoms with Crippen LogP contribution >= 0.6 is 27.5 Å². The summed E-state index contributed by atoms with van der Waals surface area (Å²) in [6, 6.07) is 6.04. The molecule has 0 saturated carbocycles. The van der Waals surface area contributed by atoms with Gasteiger partial charge in [0.2, 0.25) is 0 Å². The van der Waals surface area contributed by atoms with E-state index in [-0.39, 0.29) is 5.41 Å². The fourth-order valence-corrected chi connectivity index (χ4v) is 2.35. The van der Waals surface area contributed by atoms with Crippen LogP contribution in [0.15, 0.2) is 22.7 Å². The number of hydrogen-bond donors (Lipinski definition) is 1. The Morgan fingerprint density at radius 3 is 2.50 bits per heavy atom. The highest BCUT2D eigenvalue weighted by Crippen LogP contribution is 2.33. The predicted octanol–water partition coefficient (Wildman–Crippen LogP) is 4.27. The Morgan fingerprint density at radius 2 is 2.06 bits per heavy atom. The van der Waals surface area contributed by atoms with E-state index in [0.717, 1.165) is 15.9 Å². The summed E-state index contributed by atoms with van der Waals surface area (Å²) in [7, 11) is 0. The number of rotatable bonds is 4. The van der Waals surface area contributed by atoms with Crippen molar-refractivity contribution in [2.45, 2.75) is 27.2 Å². The van der Waals surface area contributed by atoms with Crippen LogP contribution in [0.4, 0.5) is 0 Å². The monoisotopic (exact) mass is 303 g/mol. The molecule has 0 aliphatic rings. The molecule has 2 N–H and O–H groups in total. The molecule has 3 heteroatoms. The maximum Gasteiger partial charge on any atom is 0.0449 e. The van der Waals surface area contributed by atoms with Gasteiger partial charge in [-0.1, -0.05) is 54.4 Å². The lowest BCUT2D eigenvalue weighted by molar-refractivity contribution is 0.227. The Balaban J connectivity index is 2.95. The number of hydrogen-bond acceptors (Lipinski definition) is 1. The molecule has 16 heavy (non-hydrogen) atoms. The van der Waals surface area contributed by atoms with Gasteiger partial charge in [-0.25, -0.2) is 0 Å². The van der Waals surface area contributed by atoms with Crippen LogP contribution in [-0.4, -0.2) is 6.54 Å². The third-order valence-electron chi connectivity index (χ3n) is 3.47. The maximum absolute atomic E-state index is 6.23. The van der Waals surface area contributed by atoms with Crippen LogP contribution in [0.2, 0.25) is 5.02 Å². The molecule has 1 unspecified atom stereocenters. The molecule has 1 atom stereocenters. The molecular formula is C13H19BrClN. The van der Waals surface area contributed by atoms with Gasteiger partial charge in [0.05, 0.1) is 0 Å². The summed E-state index contributed by atoms with van der Waals surface area (Å²) in [6.07, 6.45) is 0.924. The van der Waals surface area contributed by atoms with E-state index in [4.69, 9.17) is 17.3 Å². The lowest BCUT2D eigenvalue weighted by Crippen LogP contribution is -2.34. The second-order valence-electron chi connectivity index (χ2n) is 4.93.